The number of carbonyl (C=O) groups excluding carboxylic acids is 3. The van der Waals surface area contributed by atoms with Gasteiger partial charge in [-0.25, -0.2) is 14.2 Å². The summed E-state index contributed by atoms with van der Waals surface area (Å²) in [5.74, 6) is -1.23. The number of nitrogens with zero attached hydrogens (tertiary/aromatic N) is 2. The van der Waals surface area contributed by atoms with Crippen LogP contribution in [-0.2, 0) is 16.0 Å². The Balaban J connectivity index is 1.57. The standard InChI is InChI=1S/C15H13FN4O3S/c16-10-3-1-9(2-4-10)5-11-6-17-14(24-11)19-12(21)8-20-13(22)7-18-15(20)23/h1-4,6H,5,7-8H2,(H,18,23)(H,17,19,21). The number of benzene rings is 1. The Bertz CT molecular complexity index is 774. The molecule has 9 heteroatoms. The Morgan fingerprint density at radius 1 is 1.33 bits per heavy atom. The molecule has 1 saturated heterocycles. The fourth-order valence-electron chi connectivity index (χ4n) is 2.17. The number of nitrogens with one attached hydrogen (secondary N) is 2. The maximum absolute atomic E-state index is 12.9. The van der Waals surface area contributed by atoms with E-state index in [2.05, 4.69) is 15.6 Å². The van der Waals surface area contributed by atoms with Crippen LogP contribution in [0.5, 0.6) is 0 Å². The third-order valence-electron chi connectivity index (χ3n) is 3.33. The first-order valence-corrected chi connectivity index (χ1v) is 7.90. The Morgan fingerprint density at radius 3 is 2.75 bits per heavy atom. The highest BCUT2D eigenvalue weighted by Gasteiger charge is 2.30. The molecule has 0 aliphatic carbocycles. The third-order valence-corrected chi connectivity index (χ3v) is 4.24. The SMILES string of the molecule is O=C(CN1C(=O)CNC1=O)Nc1ncc(Cc2ccc(F)cc2)s1. The van der Waals surface area contributed by atoms with Gasteiger partial charge < -0.3 is 10.6 Å². The lowest BCUT2D eigenvalue weighted by atomic mass is 10.1. The zero-order valence-corrected chi connectivity index (χ0v) is 13.2. The van der Waals surface area contributed by atoms with Crippen molar-refractivity contribution in [1.29, 1.82) is 0 Å². The van der Waals surface area contributed by atoms with Gasteiger partial charge in [0.05, 0.1) is 6.54 Å². The van der Waals surface area contributed by atoms with Gasteiger partial charge in [-0.3, -0.25) is 14.5 Å². The van der Waals surface area contributed by atoms with E-state index in [0.717, 1.165) is 15.3 Å². The number of halogens is 1. The van der Waals surface area contributed by atoms with Crippen LogP contribution in [0.25, 0.3) is 0 Å². The predicted octanol–water partition coefficient (Wildman–Crippen LogP) is 1.36. The van der Waals surface area contributed by atoms with Crippen molar-refractivity contribution in [1.82, 2.24) is 15.2 Å². The van der Waals surface area contributed by atoms with Crippen molar-refractivity contribution in [3.8, 4) is 0 Å². The van der Waals surface area contributed by atoms with Crippen LogP contribution in [-0.4, -0.2) is 40.8 Å². The average Bonchev–Trinajstić information content (AvgIpc) is 3.11. The summed E-state index contributed by atoms with van der Waals surface area (Å²) in [6.45, 7) is -0.442. The molecule has 1 fully saturated rings. The maximum atomic E-state index is 12.9. The van der Waals surface area contributed by atoms with E-state index < -0.39 is 17.8 Å². The number of aromatic nitrogens is 1. The van der Waals surface area contributed by atoms with Crippen LogP contribution >= 0.6 is 11.3 Å². The molecular weight excluding hydrogens is 335 g/mol. The molecule has 1 aliphatic heterocycles. The number of carbonyl (C=O) groups is 3. The van der Waals surface area contributed by atoms with Gasteiger partial charge in [0.2, 0.25) is 5.91 Å². The van der Waals surface area contributed by atoms with Gasteiger partial charge in [-0.05, 0) is 17.7 Å². The van der Waals surface area contributed by atoms with Gasteiger partial charge in [0, 0.05) is 17.5 Å². The largest absolute Gasteiger partial charge is 0.329 e. The van der Waals surface area contributed by atoms with Crippen molar-refractivity contribution in [2.45, 2.75) is 6.42 Å². The summed E-state index contributed by atoms with van der Waals surface area (Å²) >= 11 is 1.28. The number of rotatable bonds is 5. The second kappa shape index (κ2) is 6.75. The van der Waals surface area contributed by atoms with Crippen LogP contribution in [0.1, 0.15) is 10.4 Å². The van der Waals surface area contributed by atoms with Gasteiger partial charge in [0.25, 0.3) is 5.91 Å². The average molecular weight is 348 g/mol. The molecule has 2 N–H and O–H groups in total. The van der Waals surface area contributed by atoms with E-state index in [1.807, 2.05) is 0 Å². The molecule has 4 amide bonds. The van der Waals surface area contributed by atoms with Crippen LogP contribution in [0.15, 0.2) is 30.5 Å². The van der Waals surface area contributed by atoms with Crippen molar-refractivity contribution in [2.24, 2.45) is 0 Å². The molecule has 0 bridgehead atoms. The van der Waals surface area contributed by atoms with Crippen molar-refractivity contribution in [3.63, 3.8) is 0 Å². The highest BCUT2D eigenvalue weighted by atomic mass is 32.1. The maximum Gasteiger partial charge on any atom is 0.325 e. The molecular formula is C15H13FN4O3S. The molecule has 0 radical (unpaired) electrons. The lowest BCUT2D eigenvalue weighted by Crippen LogP contribution is -2.38. The zero-order valence-electron chi connectivity index (χ0n) is 12.4. The number of thiazole rings is 1. The highest BCUT2D eigenvalue weighted by molar-refractivity contribution is 7.15. The fraction of sp³-hybridized carbons (Fsp3) is 0.200. The number of hydrogen-bond donors (Lipinski definition) is 2. The number of imide groups is 1. The number of amides is 4. The summed E-state index contributed by atoms with van der Waals surface area (Å²) < 4.78 is 12.9. The van der Waals surface area contributed by atoms with E-state index in [1.165, 1.54) is 23.5 Å². The Labute approximate surface area is 140 Å². The molecule has 124 valence electrons. The van der Waals surface area contributed by atoms with Crippen LogP contribution in [0, 0.1) is 5.82 Å². The number of urea groups is 1. The number of hydrogen-bond acceptors (Lipinski definition) is 5. The third kappa shape index (κ3) is 3.74. The summed E-state index contributed by atoms with van der Waals surface area (Å²) in [4.78, 5) is 40.5. The lowest BCUT2D eigenvalue weighted by Gasteiger charge is -2.10. The summed E-state index contributed by atoms with van der Waals surface area (Å²) in [5, 5.41) is 5.28. The Morgan fingerprint density at radius 2 is 2.08 bits per heavy atom. The van der Waals surface area contributed by atoms with Crippen molar-refractivity contribution < 1.29 is 18.8 Å². The quantitative estimate of drug-likeness (QED) is 0.798. The molecule has 2 heterocycles. The van der Waals surface area contributed by atoms with Crippen molar-refractivity contribution in [3.05, 3.63) is 46.7 Å². The van der Waals surface area contributed by atoms with E-state index in [4.69, 9.17) is 0 Å². The monoisotopic (exact) mass is 348 g/mol. The summed E-state index contributed by atoms with van der Waals surface area (Å²) in [6, 6.07) is 5.57. The molecule has 0 unspecified atom stereocenters. The first kappa shape index (κ1) is 16.1. The van der Waals surface area contributed by atoms with Crippen LogP contribution in [0.4, 0.5) is 14.3 Å². The van der Waals surface area contributed by atoms with E-state index >= 15 is 0 Å². The fourth-order valence-corrected chi connectivity index (χ4v) is 3.03. The van der Waals surface area contributed by atoms with E-state index in [0.29, 0.717) is 11.6 Å². The normalized spacial score (nSPS) is 14.0. The van der Waals surface area contributed by atoms with Gasteiger partial charge >= 0.3 is 6.03 Å². The van der Waals surface area contributed by atoms with Crippen LogP contribution in [0.3, 0.4) is 0 Å². The molecule has 0 saturated carbocycles. The molecule has 7 nitrogen and oxygen atoms in total. The summed E-state index contributed by atoms with van der Waals surface area (Å²) in [7, 11) is 0. The second-order valence-electron chi connectivity index (χ2n) is 5.12. The van der Waals surface area contributed by atoms with Crippen LogP contribution < -0.4 is 10.6 Å². The predicted molar refractivity (Wildman–Crippen MR) is 85.1 cm³/mol. The molecule has 3 rings (SSSR count). The first-order valence-electron chi connectivity index (χ1n) is 7.08. The van der Waals surface area contributed by atoms with E-state index in [-0.39, 0.29) is 18.9 Å². The molecule has 0 spiro atoms. The minimum Gasteiger partial charge on any atom is -0.329 e. The van der Waals surface area contributed by atoms with Crippen LogP contribution in [0.2, 0.25) is 0 Å². The minimum atomic E-state index is -0.578. The lowest BCUT2D eigenvalue weighted by molar-refractivity contribution is -0.128. The minimum absolute atomic E-state index is 0.0921. The Kier molecular flexibility index (Phi) is 4.52. The van der Waals surface area contributed by atoms with Gasteiger partial charge in [0.1, 0.15) is 12.4 Å². The van der Waals surface area contributed by atoms with Crippen molar-refractivity contribution in [2.75, 3.05) is 18.4 Å². The smallest absolute Gasteiger partial charge is 0.325 e. The highest BCUT2D eigenvalue weighted by Crippen LogP contribution is 2.21. The van der Waals surface area contributed by atoms with E-state index in [9.17, 15) is 18.8 Å². The topological polar surface area (TPSA) is 91.4 Å². The molecule has 1 aliphatic rings. The van der Waals surface area contributed by atoms with Gasteiger partial charge in [0.15, 0.2) is 5.13 Å². The number of anilines is 1. The molecule has 2 aromatic rings. The van der Waals surface area contributed by atoms with E-state index in [1.54, 1.807) is 18.3 Å². The summed E-state index contributed by atoms with van der Waals surface area (Å²) in [5.41, 5.74) is 0.928. The molecule has 1 aromatic carbocycles. The molecule has 24 heavy (non-hydrogen) atoms. The second-order valence-corrected chi connectivity index (χ2v) is 6.24. The Hall–Kier alpha value is -2.81. The van der Waals surface area contributed by atoms with Crippen molar-refractivity contribution >= 4 is 34.3 Å². The molecule has 1 aromatic heterocycles. The summed E-state index contributed by atoms with van der Waals surface area (Å²) in [6.07, 6.45) is 2.19. The van der Waals surface area contributed by atoms with Gasteiger partial charge in [-0.2, -0.15) is 0 Å². The van der Waals surface area contributed by atoms with Gasteiger partial charge in [-0.15, -0.1) is 11.3 Å². The zero-order chi connectivity index (χ0) is 17.1. The van der Waals surface area contributed by atoms with Gasteiger partial charge in [-0.1, -0.05) is 12.1 Å². The molecule has 0 atom stereocenters. The first-order chi connectivity index (χ1) is 11.5.